The van der Waals surface area contributed by atoms with Crippen molar-refractivity contribution in [3.8, 4) is 0 Å². The number of sulfonamides is 1. The molecule has 18 heavy (non-hydrogen) atoms. The number of ether oxygens (including phenoxy) is 1. The molecule has 0 saturated carbocycles. The molecule has 1 N–H and O–H groups in total. The zero-order valence-corrected chi connectivity index (χ0v) is 10.8. The molecule has 0 atom stereocenters. The van der Waals surface area contributed by atoms with E-state index < -0.39 is 21.8 Å². The van der Waals surface area contributed by atoms with Crippen molar-refractivity contribution in [2.45, 2.75) is 6.92 Å². The second-order valence-electron chi connectivity index (χ2n) is 3.50. The molecular formula is C11H13NO5S. The average molecular weight is 271 g/mol. The predicted octanol–water partition coefficient (Wildman–Crippen LogP) is 0.804. The first kappa shape index (κ1) is 14.2. The molecule has 0 aliphatic rings. The van der Waals surface area contributed by atoms with Gasteiger partial charge in [-0.3, -0.25) is 9.52 Å². The Morgan fingerprint density at radius 3 is 2.22 bits per heavy atom. The van der Waals surface area contributed by atoms with Gasteiger partial charge >= 0.3 is 5.97 Å². The van der Waals surface area contributed by atoms with E-state index in [0.717, 1.165) is 6.26 Å². The lowest BCUT2D eigenvalue weighted by atomic mass is 10.1. The second-order valence-corrected chi connectivity index (χ2v) is 5.25. The van der Waals surface area contributed by atoms with Crippen LogP contribution in [0.25, 0.3) is 0 Å². The highest BCUT2D eigenvalue weighted by Gasteiger charge is 2.17. The van der Waals surface area contributed by atoms with E-state index in [0.29, 0.717) is 5.69 Å². The van der Waals surface area contributed by atoms with E-state index >= 15 is 0 Å². The molecule has 1 aromatic carbocycles. The first-order valence-corrected chi connectivity index (χ1v) is 7.02. The fraction of sp³-hybridized carbons (Fsp3) is 0.273. The van der Waals surface area contributed by atoms with Crippen LogP contribution in [-0.4, -0.2) is 33.0 Å². The first-order valence-electron chi connectivity index (χ1n) is 5.13. The van der Waals surface area contributed by atoms with Crippen LogP contribution in [0.3, 0.4) is 0 Å². The number of nitrogens with one attached hydrogen (secondary N) is 1. The van der Waals surface area contributed by atoms with Gasteiger partial charge in [-0.1, -0.05) is 0 Å². The Kier molecular flexibility index (Phi) is 4.43. The summed E-state index contributed by atoms with van der Waals surface area (Å²) in [7, 11) is -3.36. The number of esters is 1. The van der Waals surface area contributed by atoms with Crippen molar-refractivity contribution in [3.05, 3.63) is 29.8 Å². The Morgan fingerprint density at radius 2 is 1.78 bits per heavy atom. The number of Topliss-reactive ketones (excluding diaryl/α,β-unsaturated/α-hetero) is 1. The molecule has 0 aliphatic carbocycles. The number of ketones is 1. The summed E-state index contributed by atoms with van der Waals surface area (Å²) < 4.78 is 28.7. The van der Waals surface area contributed by atoms with Gasteiger partial charge in [0.05, 0.1) is 12.9 Å². The molecule has 0 heterocycles. The van der Waals surface area contributed by atoms with Crippen LogP contribution in [-0.2, 0) is 19.6 Å². The largest absolute Gasteiger partial charge is 0.460 e. The maximum absolute atomic E-state index is 11.5. The lowest BCUT2D eigenvalue weighted by molar-refractivity contribution is -0.137. The van der Waals surface area contributed by atoms with Crippen LogP contribution < -0.4 is 4.72 Å². The summed E-state index contributed by atoms with van der Waals surface area (Å²) in [5, 5.41) is 0. The summed E-state index contributed by atoms with van der Waals surface area (Å²) in [5.74, 6) is -1.69. The highest BCUT2D eigenvalue weighted by molar-refractivity contribution is 7.92. The van der Waals surface area contributed by atoms with Gasteiger partial charge in [0.15, 0.2) is 0 Å². The molecule has 0 aliphatic heterocycles. The van der Waals surface area contributed by atoms with Crippen molar-refractivity contribution >= 4 is 27.5 Å². The Morgan fingerprint density at radius 1 is 1.22 bits per heavy atom. The number of hydrogen-bond donors (Lipinski definition) is 1. The van der Waals surface area contributed by atoms with Crippen LogP contribution in [0.15, 0.2) is 24.3 Å². The number of benzene rings is 1. The minimum absolute atomic E-state index is 0.123. The molecule has 1 rings (SSSR count). The SMILES string of the molecule is CCOC(=O)C(=O)c1ccc(NS(C)(=O)=O)cc1. The lowest BCUT2D eigenvalue weighted by Gasteiger charge is -2.04. The van der Waals surface area contributed by atoms with Gasteiger partial charge in [0.2, 0.25) is 10.0 Å². The van der Waals surface area contributed by atoms with E-state index in [1.807, 2.05) is 0 Å². The molecule has 0 saturated heterocycles. The topological polar surface area (TPSA) is 89.5 Å². The normalized spacial score (nSPS) is 10.8. The van der Waals surface area contributed by atoms with E-state index in [1.165, 1.54) is 24.3 Å². The number of carbonyl (C=O) groups excluding carboxylic acids is 2. The van der Waals surface area contributed by atoms with Crippen LogP contribution in [0, 0.1) is 0 Å². The Labute approximate surface area is 105 Å². The van der Waals surface area contributed by atoms with Crippen LogP contribution in [0.4, 0.5) is 5.69 Å². The van der Waals surface area contributed by atoms with E-state index in [1.54, 1.807) is 6.92 Å². The maximum Gasteiger partial charge on any atom is 0.379 e. The highest BCUT2D eigenvalue weighted by atomic mass is 32.2. The maximum atomic E-state index is 11.5. The number of rotatable bonds is 5. The summed E-state index contributed by atoms with van der Waals surface area (Å²) in [5.41, 5.74) is 0.463. The third-order valence-electron chi connectivity index (χ3n) is 1.91. The minimum atomic E-state index is -3.36. The van der Waals surface area contributed by atoms with Gasteiger partial charge in [-0.25, -0.2) is 13.2 Å². The predicted molar refractivity (Wildman–Crippen MR) is 65.9 cm³/mol. The van der Waals surface area contributed by atoms with E-state index in [2.05, 4.69) is 9.46 Å². The number of carbonyl (C=O) groups is 2. The number of hydrogen-bond acceptors (Lipinski definition) is 5. The molecule has 0 radical (unpaired) electrons. The van der Waals surface area contributed by atoms with Crippen molar-refractivity contribution in [2.24, 2.45) is 0 Å². The van der Waals surface area contributed by atoms with Crippen molar-refractivity contribution < 1.29 is 22.7 Å². The quantitative estimate of drug-likeness (QED) is 0.486. The van der Waals surface area contributed by atoms with Crippen LogP contribution in [0.2, 0.25) is 0 Å². The van der Waals surface area contributed by atoms with Gasteiger partial charge < -0.3 is 4.74 Å². The molecule has 6 nitrogen and oxygen atoms in total. The van der Waals surface area contributed by atoms with E-state index in [9.17, 15) is 18.0 Å². The Hall–Kier alpha value is -1.89. The monoisotopic (exact) mass is 271 g/mol. The van der Waals surface area contributed by atoms with Crippen molar-refractivity contribution in [1.29, 1.82) is 0 Å². The molecular weight excluding hydrogens is 258 g/mol. The first-order chi connectivity index (χ1) is 8.33. The standard InChI is InChI=1S/C11H13NO5S/c1-3-17-11(14)10(13)8-4-6-9(7-5-8)12-18(2,15)16/h4-7,12H,3H2,1-2H3. The second kappa shape index (κ2) is 5.63. The lowest BCUT2D eigenvalue weighted by Crippen LogP contribution is -2.17. The summed E-state index contributed by atoms with van der Waals surface area (Å²) >= 11 is 0. The zero-order valence-electron chi connectivity index (χ0n) is 9.97. The fourth-order valence-corrected chi connectivity index (χ4v) is 1.78. The molecule has 0 bridgehead atoms. The fourth-order valence-electron chi connectivity index (χ4n) is 1.22. The number of anilines is 1. The van der Waals surface area contributed by atoms with Gasteiger partial charge in [-0.05, 0) is 31.2 Å². The minimum Gasteiger partial charge on any atom is -0.460 e. The molecule has 0 aromatic heterocycles. The summed E-state index contributed by atoms with van der Waals surface area (Å²) in [6.45, 7) is 1.72. The van der Waals surface area contributed by atoms with E-state index in [-0.39, 0.29) is 12.2 Å². The molecule has 0 spiro atoms. The third kappa shape index (κ3) is 4.17. The zero-order chi connectivity index (χ0) is 13.8. The summed E-state index contributed by atoms with van der Waals surface area (Å²) in [6.07, 6.45) is 1.02. The molecule has 98 valence electrons. The van der Waals surface area contributed by atoms with Gasteiger partial charge in [0, 0.05) is 11.3 Å². The van der Waals surface area contributed by atoms with Gasteiger partial charge in [0.1, 0.15) is 0 Å². The van der Waals surface area contributed by atoms with Crippen LogP contribution >= 0.6 is 0 Å². The van der Waals surface area contributed by atoms with E-state index in [4.69, 9.17) is 0 Å². The third-order valence-corrected chi connectivity index (χ3v) is 2.52. The highest BCUT2D eigenvalue weighted by Crippen LogP contribution is 2.11. The molecule has 0 fully saturated rings. The van der Waals surface area contributed by atoms with Crippen molar-refractivity contribution in [3.63, 3.8) is 0 Å². The summed E-state index contributed by atoms with van der Waals surface area (Å²) in [4.78, 5) is 22.7. The molecule has 7 heteroatoms. The average Bonchev–Trinajstić information content (AvgIpc) is 2.27. The Balaban J connectivity index is 2.83. The van der Waals surface area contributed by atoms with Gasteiger partial charge in [0.25, 0.3) is 5.78 Å². The van der Waals surface area contributed by atoms with Crippen molar-refractivity contribution in [2.75, 3.05) is 17.6 Å². The van der Waals surface area contributed by atoms with Crippen molar-refractivity contribution in [1.82, 2.24) is 0 Å². The smallest absolute Gasteiger partial charge is 0.379 e. The van der Waals surface area contributed by atoms with Crippen LogP contribution in [0.5, 0.6) is 0 Å². The van der Waals surface area contributed by atoms with Crippen LogP contribution in [0.1, 0.15) is 17.3 Å². The summed E-state index contributed by atoms with van der Waals surface area (Å²) in [6, 6.07) is 5.50. The van der Waals surface area contributed by atoms with Gasteiger partial charge in [-0.15, -0.1) is 0 Å². The Bertz CT molecular complexity index is 547. The molecule has 0 amide bonds. The molecule has 1 aromatic rings. The van der Waals surface area contributed by atoms with Gasteiger partial charge in [-0.2, -0.15) is 0 Å². The molecule has 0 unspecified atom stereocenters.